The van der Waals surface area contributed by atoms with E-state index >= 15 is 0 Å². The van der Waals surface area contributed by atoms with Crippen molar-refractivity contribution < 1.29 is 0 Å². The number of para-hydroxylation sites is 2. The molecule has 14 aromatic rings. The minimum Gasteiger partial charge on any atom is -0.308 e. The molecule has 0 spiro atoms. The van der Waals surface area contributed by atoms with Gasteiger partial charge in [0, 0.05) is 59.5 Å². The van der Waals surface area contributed by atoms with Crippen molar-refractivity contribution in [2.24, 2.45) is 0 Å². The number of fused-ring (bicyclic) bond motifs is 15. The molecular weight excluding hydrogens is 765 g/mol. The molecule has 15 rings (SSSR count). The van der Waals surface area contributed by atoms with Gasteiger partial charge < -0.3 is 4.40 Å². The Bertz CT molecular complexity index is 4350. The van der Waals surface area contributed by atoms with Gasteiger partial charge in [-0.15, -0.1) is 0 Å². The van der Waals surface area contributed by atoms with E-state index in [1.165, 1.54) is 92.7 Å². The van der Waals surface area contributed by atoms with Gasteiger partial charge in [-0.2, -0.15) is 0 Å². The molecule has 4 heterocycles. The molecule has 0 bridgehead atoms. The second-order valence-corrected chi connectivity index (χ2v) is 18.1. The first kappa shape index (κ1) is 33.6. The Morgan fingerprint density at radius 2 is 1.03 bits per heavy atom. The maximum Gasteiger partial charge on any atom is 0.235 e. The lowest BCUT2D eigenvalue weighted by Gasteiger charge is -2.22. The van der Waals surface area contributed by atoms with Crippen LogP contribution in [0.3, 0.4) is 0 Å². The Balaban J connectivity index is 1.18. The van der Waals surface area contributed by atoms with Crippen molar-refractivity contribution in [3.63, 3.8) is 0 Å². The molecule has 4 nitrogen and oxygen atoms in total. The van der Waals surface area contributed by atoms with Gasteiger partial charge in [0.2, 0.25) is 5.95 Å². The van der Waals surface area contributed by atoms with Crippen LogP contribution in [0.1, 0.15) is 25.0 Å². The van der Waals surface area contributed by atoms with Gasteiger partial charge in [0.15, 0.2) is 0 Å². The normalized spacial score (nSPS) is 13.7. The van der Waals surface area contributed by atoms with Crippen LogP contribution in [-0.2, 0) is 5.41 Å². The molecule has 0 aliphatic heterocycles. The van der Waals surface area contributed by atoms with Crippen molar-refractivity contribution in [1.29, 1.82) is 0 Å². The van der Waals surface area contributed by atoms with Crippen molar-refractivity contribution in [3.05, 3.63) is 193 Å². The highest BCUT2D eigenvalue weighted by molar-refractivity contribution is 6.38. The summed E-state index contributed by atoms with van der Waals surface area (Å²) in [5, 5.41) is 15.4. The first-order valence-electron chi connectivity index (χ1n) is 21.9. The van der Waals surface area contributed by atoms with Crippen LogP contribution >= 0.6 is 0 Å². The number of nitrogens with zero attached hydrogens (tertiary/aromatic N) is 4. The number of hydrogen-bond donors (Lipinski definition) is 0. The van der Waals surface area contributed by atoms with Gasteiger partial charge in [0.05, 0.1) is 38.8 Å². The molecule has 0 N–H and O–H groups in total. The number of aromatic nitrogens is 4. The summed E-state index contributed by atoms with van der Waals surface area (Å²) in [6.45, 7) is 4.71. The summed E-state index contributed by atoms with van der Waals surface area (Å²) >= 11 is 0. The fourth-order valence-corrected chi connectivity index (χ4v) is 11.8. The Morgan fingerprint density at radius 3 is 1.86 bits per heavy atom. The lowest BCUT2D eigenvalue weighted by molar-refractivity contribution is 0.660. The summed E-state index contributed by atoms with van der Waals surface area (Å²) < 4.78 is 4.96. The largest absolute Gasteiger partial charge is 0.308 e. The van der Waals surface area contributed by atoms with Crippen LogP contribution in [0, 0.1) is 0 Å². The molecule has 0 saturated carbocycles. The predicted molar refractivity (Wildman–Crippen MR) is 264 cm³/mol. The molecule has 292 valence electrons. The van der Waals surface area contributed by atoms with Crippen LogP contribution in [0.15, 0.2) is 182 Å². The fourth-order valence-electron chi connectivity index (χ4n) is 11.8. The van der Waals surface area contributed by atoms with Gasteiger partial charge in [0.25, 0.3) is 0 Å². The first-order valence-corrected chi connectivity index (χ1v) is 21.9. The second-order valence-electron chi connectivity index (χ2n) is 18.1. The molecular formula is C59H36N4. The van der Waals surface area contributed by atoms with Crippen molar-refractivity contribution in [1.82, 2.24) is 18.9 Å². The molecule has 63 heavy (non-hydrogen) atoms. The average Bonchev–Trinajstić information content (AvgIpc) is 3.92. The van der Waals surface area contributed by atoms with Crippen molar-refractivity contribution >= 4 is 103 Å². The minimum absolute atomic E-state index is 0.157. The van der Waals surface area contributed by atoms with Gasteiger partial charge in [-0.1, -0.05) is 166 Å². The first-order chi connectivity index (χ1) is 31.0. The predicted octanol–water partition coefficient (Wildman–Crippen LogP) is 15.3. The number of benzene rings is 10. The minimum atomic E-state index is -0.157. The molecule has 4 aromatic heterocycles. The molecule has 0 fully saturated rings. The highest BCUT2D eigenvalue weighted by Gasteiger charge is 2.36. The Morgan fingerprint density at radius 1 is 0.397 bits per heavy atom. The number of hydrogen-bond acceptors (Lipinski definition) is 2. The zero-order chi connectivity index (χ0) is 41.3. The van der Waals surface area contributed by atoms with Crippen molar-refractivity contribution in [3.8, 4) is 28.3 Å². The third-order valence-corrected chi connectivity index (χ3v) is 14.6. The smallest absolute Gasteiger partial charge is 0.235 e. The maximum atomic E-state index is 5.83. The molecule has 0 atom stereocenters. The summed E-state index contributed by atoms with van der Waals surface area (Å²) in [6.07, 6.45) is 0. The number of rotatable bonds is 2. The second kappa shape index (κ2) is 11.6. The molecule has 10 aromatic carbocycles. The average molecular weight is 801 g/mol. The van der Waals surface area contributed by atoms with Gasteiger partial charge in [-0.3, -0.25) is 4.57 Å². The van der Waals surface area contributed by atoms with E-state index in [1.54, 1.807) is 0 Å². The molecule has 1 aliphatic carbocycles. The zero-order valence-corrected chi connectivity index (χ0v) is 34.6. The lowest BCUT2D eigenvalue weighted by atomic mass is 9.82. The molecule has 0 amide bonds. The van der Waals surface area contributed by atoms with Crippen molar-refractivity contribution in [2.45, 2.75) is 19.3 Å². The Kier molecular flexibility index (Phi) is 6.21. The highest BCUT2D eigenvalue weighted by atomic mass is 15.2. The van der Waals surface area contributed by atoms with Gasteiger partial charge in [0.1, 0.15) is 0 Å². The monoisotopic (exact) mass is 800 g/mol. The molecule has 0 unspecified atom stereocenters. The fraction of sp³-hybridized carbons (Fsp3) is 0.0508. The van der Waals surface area contributed by atoms with E-state index in [1.807, 2.05) is 0 Å². The van der Waals surface area contributed by atoms with Crippen molar-refractivity contribution in [2.75, 3.05) is 0 Å². The highest BCUT2D eigenvalue weighted by Crippen LogP contribution is 2.51. The summed E-state index contributed by atoms with van der Waals surface area (Å²) in [5.41, 5.74) is 14.0. The van der Waals surface area contributed by atoms with Crippen LogP contribution in [0.2, 0.25) is 0 Å². The summed E-state index contributed by atoms with van der Waals surface area (Å²) in [4.78, 5) is 11.6. The van der Waals surface area contributed by atoms with Crippen LogP contribution in [0.25, 0.3) is 131 Å². The van der Waals surface area contributed by atoms with E-state index in [2.05, 4.69) is 205 Å². The van der Waals surface area contributed by atoms with E-state index < -0.39 is 0 Å². The summed E-state index contributed by atoms with van der Waals surface area (Å²) in [5.74, 6) is 0.665. The molecule has 4 heteroatoms. The van der Waals surface area contributed by atoms with Crippen LogP contribution in [0.4, 0.5) is 0 Å². The maximum absolute atomic E-state index is 5.83. The lowest BCUT2D eigenvalue weighted by Crippen LogP contribution is -2.15. The molecule has 0 saturated heterocycles. The van der Waals surface area contributed by atoms with Crippen LogP contribution in [-0.4, -0.2) is 18.9 Å². The third kappa shape index (κ3) is 4.16. The Labute approximate surface area is 361 Å². The third-order valence-electron chi connectivity index (χ3n) is 14.6. The quantitative estimate of drug-likeness (QED) is 0.163. The topological polar surface area (TPSA) is 35.1 Å². The van der Waals surface area contributed by atoms with Gasteiger partial charge in [-0.25, -0.2) is 9.97 Å². The summed E-state index contributed by atoms with van der Waals surface area (Å²) in [6, 6.07) is 67.3. The van der Waals surface area contributed by atoms with E-state index in [9.17, 15) is 0 Å². The van der Waals surface area contributed by atoms with Gasteiger partial charge in [-0.05, 0) is 74.1 Å². The van der Waals surface area contributed by atoms with E-state index in [0.717, 1.165) is 44.0 Å². The standard InChI is InChI=1S/C59H36N4/c1-59(2)47-24-11-9-20-40(47)41-28-27-36(31-48(41)59)53-45-29-26-33-14-3-6-17-37(33)54(45)61-58(60-53)63-56-38-18-7-4-15-34(38)30-46-44-23-13-22-43-42-21-10-12-25-49(42)62(55(43)44)50-32-35-16-5-8-19-39(35)57(63)52(50)51(46)56/h3-32H,1-2H3. The van der Waals surface area contributed by atoms with Crippen LogP contribution < -0.4 is 0 Å². The van der Waals surface area contributed by atoms with E-state index in [4.69, 9.17) is 9.97 Å². The van der Waals surface area contributed by atoms with E-state index in [-0.39, 0.29) is 5.41 Å². The summed E-state index contributed by atoms with van der Waals surface area (Å²) in [7, 11) is 0. The van der Waals surface area contributed by atoms with E-state index in [0.29, 0.717) is 5.95 Å². The molecule has 1 aliphatic rings. The Hall–Kier alpha value is -8.08. The van der Waals surface area contributed by atoms with Gasteiger partial charge >= 0.3 is 0 Å². The van der Waals surface area contributed by atoms with Crippen LogP contribution in [0.5, 0.6) is 0 Å². The SMILES string of the molecule is CC1(C)c2ccccc2-c2ccc(-c3nc(-n4c5c6ccccc6cc6c7cccc8c9ccccc9n(c9cc%10ccccc%10c4c9c65)c78)nc4c3ccc3ccccc34)cc21. The molecule has 0 radical (unpaired) electrons. The zero-order valence-electron chi connectivity index (χ0n) is 34.6.